The second-order valence-electron chi connectivity index (χ2n) is 17.4. The number of aromatic nitrogens is 3. The minimum atomic E-state index is -0.236. The Labute approximate surface area is 324 Å². The smallest absolute Gasteiger partial charge is 0.102 e. The summed E-state index contributed by atoms with van der Waals surface area (Å²) in [5, 5.41) is 4.85. The molecule has 0 bridgehead atoms. The number of para-hydroxylation sites is 1. The van der Waals surface area contributed by atoms with Crippen LogP contribution in [0.3, 0.4) is 0 Å². The highest BCUT2D eigenvalue weighted by atomic mass is 15.3. The number of benzene rings is 4. The zero-order valence-electron chi connectivity index (χ0n) is 33.6. The molecular weight excluding hydrogens is 675 g/mol. The van der Waals surface area contributed by atoms with E-state index in [1.165, 1.54) is 21.5 Å². The lowest BCUT2D eigenvalue weighted by Crippen LogP contribution is -2.53. The molecule has 2 aliphatic rings. The normalized spacial score (nSPS) is 18.4. The fourth-order valence-corrected chi connectivity index (χ4v) is 9.11. The Bertz CT molecular complexity index is 2750. The first-order valence-corrected chi connectivity index (χ1v) is 19.3. The van der Waals surface area contributed by atoms with Gasteiger partial charge in [0.25, 0.3) is 0 Å². The van der Waals surface area contributed by atoms with Gasteiger partial charge >= 0.3 is 0 Å². The van der Waals surface area contributed by atoms with Gasteiger partial charge in [0.05, 0.1) is 57.0 Å². The van der Waals surface area contributed by atoms with Gasteiger partial charge in [-0.15, -0.1) is 0 Å². The van der Waals surface area contributed by atoms with Crippen LogP contribution in [0.25, 0.3) is 60.5 Å². The van der Waals surface area contributed by atoms with Crippen molar-refractivity contribution in [3.8, 4) is 27.9 Å². The van der Waals surface area contributed by atoms with Gasteiger partial charge in [0, 0.05) is 40.0 Å². The molecule has 0 fully saturated rings. The molecule has 5 heterocycles. The number of aliphatic imine (C=N–C) groups is 2. The molecule has 55 heavy (non-hydrogen) atoms. The topological polar surface area (TPSA) is 61.9 Å². The SMILES string of the molecule is CC1=NC(C)(C)C(C)(C)N1c1cncc(-c2ccc3c4c5ccccc5c(-c5cncc(N6C(C)=NC(C)(C)C6(C)C)c5)cc4n(-c4ccccc4)c3c2)c1. The molecule has 0 spiro atoms. The Balaban J connectivity index is 1.26. The summed E-state index contributed by atoms with van der Waals surface area (Å²) in [6.07, 6.45) is 7.91. The van der Waals surface area contributed by atoms with E-state index in [1.54, 1.807) is 0 Å². The van der Waals surface area contributed by atoms with Crippen LogP contribution in [0.5, 0.6) is 0 Å². The minimum absolute atomic E-state index is 0.206. The largest absolute Gasteiger partial charge is 0.321 e. The quantitative estimate of drug-likeness (QED) is 0.177. The fraction of sp³-hybridized carbons (Fsp3) is 0.292. The highest BCUT2D eigenvalue weighted by molar-refractivity contribution is 6.24. The van der Waals surface area contributed by atoms with Crippen LogP contribution in [0.4, 0.5) is 11.4 Å². The monoisotopic (exact) mass is 723 g/mol. The van der Waals surface area contributed by atoms with Gasteiger partial charge in [-0.3, -0.25) is 20.0 Å². The van der Waals surface area contributed by atoms with Crippen molar-refractivity contribution in [3.05, 3.63) is 116 Å². The maximum absolute atomic E-state index is 5.06. The van der Waals surface area contributed by atoms with E-state index >= 15 is 0 Å². The number of anilines is 2. The van der Waals surface area contributed by atoms with E-state index in [-0.39, 0.29) is 22.2 Å². The van der Waals surface area contributed by atoms with Crippen LogP contribution in [0.15, 0.2) is 126 Å². The molecule has 276 valence electrons. The molecule has 0 amide bonds. The summed E-state index contributed by atoms with van der Waals surface area (Å²) in [6, 6.07) is 33.3. The van der Waals surface area contributed by atoms with Crippen LogP contribution in [-0.4, -0.2) is 48.4 Å². The van der Waals surface area contributed by atoms with E-state index in [1.807, 2.05) is 24.8 Å². The van der Waals surface area contributed by atoms with Crippen molar-refractivity contribution in [2.45, 2.75) is 91.4 Å². The van der Waals surface area contributed by atoms with Gasteiger partial charge in [-0.2, -0.15) is 0 Å². The molecule has 0 unspecified atom stereocenters. The van der Waals surface area contributed by atoms with Crippen LogP contribution >= 0.6 is 0 Å². The van der Waals surface area contributed by atoms with E-state index < -0.39 is 0 Å². The van der Waals surface area contributed by atoms with Crippen molar-refractivity contribution >= 4 is 55.6 Å². The zero-order chi connectivity index (χ0) is 38.7. The van der Waals surface area contributed by atoms with E-state index in [2.05, 4.69) is 175 Å². The average Bonchev–Trinajstić information content (AvgIpc) is 3.63. The maximum atomic E-state index is 5.06. The number of pyridine rings is 2. The summed E-state index contributed by atoms with van der Waals surface area (Å²) in [4.78, 5) is 24.4. The summed E-state index contributed by atoms with van der Waals surface area (Å²) >= 11 is 0. The molecule has 0 N–H and O–H groups in total. The lowest BCUT2D eigenvalue weighted by molar-refractivity contribution is 0.338. The van der Waals surface area contributed by atoms with Crippen molar-refractivity contribution in [2.75, 3.05) is 9.80 Å². The first kappa shape index (κ1) is 34.9. The second-order valence-corrected chi connectivity index (χ2v) is 17.4. The number of amidine groups is 2. The zero-order valence-corrected chi connectivity index (χ0v) is 33.6. The Morgan fingerprint density at radius 3 is 1.58 bits per heavy atom. The van der Waals surface area contributed by atoms with Crippen LogP contribution in [0, 0.1) is 0 Å². The van der Waals surface area contributed by atoms with E-state index in [9.17, 15) is 0 Å². The predicted octanol–water partition coefficient (Wildman–Crippen LogP) is 11.7. The molecule has 0 atom stereocenters. The molecular formula is C48H49N7. The molecule has 7 aromatic rings. The van der Waals surface area contributed by atoms with Gasteiger partial charge in [-0.05, 0) is 128 Å². The molecule has 7 nitrogen and oxygen atoms in total. The lowest BCUT2D eigenvalue weighted by Gasteiger charge is -2.41. The van der Waals surface area contributed by atoms with Crippen LogP contribution in [-0.2, 0) is 0 Å². The van der Waals surface area contributed by atoms with E-state index in [4.69, 9.17) is 20.0 Å². The van der Waals surface area contributed by atoms with Gasteiger partial charge in [0.15, 0.2) is 0 Å². The highest BCUT2D eigenvalue weighted by Crippen LogP contribution is 2.46. The number of hydrogen-bond donors (Lipinski definition) is 0. The third kappa shape index (κ3) is 5.08. The third-order valence-corrected chi connectivity index (χ3v) is 13.0. The third-order valence-electron chi connectivity index (χ3n) is 13.0. The second kappa shape index (κ2) is 11.8. The molecule has 0 saturated heterocycles. The van der Waals surface area contributed by atoms with Gasteiger partial charge in [-0.25, -0.2) is 0 Å². The van der Waals surface area contributed by atoms with Gasteiger partial charge in [-0.1, -0.05) is 54.6 Å². The molecule has 4 aromatic carbocycles. The Morgan fingerprint density at radius 2 is 1.00 bits per heavy atom. The molecule has 0 saturated carbocycles. The molecule has 0 radical (unpaired) electrons. The summed E-state index contributed by atoms with van der Waals surface area (Å²) < 4.78 is 2.42. The molecule has 0 aliphatic carbocycles. The summed E-state index contributed by atoms with van der Waals surface area (Å²) in [5.74, 6) is 2.01. The summed E-state index contributed by atoms with van der Waals surface area (Å²) in [5.41, 5.74) is 9.02. The Morgan fingerprint density at radius 1 is 0.455 bits per heavy atom. The van der Waals surface area contributed by atoms with Crippen molar-refractivity contribution < 1.29 is 0 Å². The number of hydrogen-bond acceptors (Lipinski definition) is 6. The van der Waals surface area contributed by atoms with Crippen molar-refractivity contribution in [2.24, 2.45) is 9.98 Å². The van der Waals surface area contributed by atoms with E-state index in [0.29, 0.717) is 0 Å². The van der Waals surface area contributed by atoms with Crippen molar-refractivity contribution in [1.29, 1.82) is 0 Å². The molecule has 3 aromatic heterocycles. The molecule has 2 aliphatic heterocycles. The van der Waals surface area contributed by atoms with Crippen LogP contribution in [0.2, 0.25) is 0 Å². The maximum Gasteiger partial charge on any atom is 0.102 e. The van der Waals surface area contributed by atoms with Gasteiger partial charge in [0.2, 0.25) is 0 Å². The minimum Gasteiger partial charge on any atom is -0.321 e. The first-order valence-electron chi connectivity index (χ1n) is 19.3. The number of rotatable bonds is 5. The summed E-state index contributed by atoms with van der Waals surface area (Å²) in [7, 11) is 0. The first-order chi connectivity index (χ1) is 26.1. The molecule has 9 rings (SSSR count). The average molecular weight is 724 g/mol. The van der Waals surface area contributed by atoms with Crippen molar-refractivity contribution in [1.82, 2.24) is 14.5 Å². The highest BCUT2D eigenvalue weighted by Gasteiger charge is 2.49. The lowest BCUT2D eigenvalue weighted by atomic mass is 9.83. The van der Waals surface area contributed by atoms with E-state index in [0.717, 1.165) is 62.0 Å². The summed E-state index contributed by atoms with van der Waals surface area (Å²) in [6.45, 7) is 22.1. The number of nitrogens with zero attached hydrogens (tertiary/aromatic N) is 7. The van der Waals surface area contributed by atoms with Gasteiger partial charge < -0.3 is 14.4 Å². The van der Waals surface area contributed by atoms with Crippen LogP contribution < -0.4 is 9.80 Å². The Hall–Kier alpha value is -5.82. The molecule has 7 heteroatoms. The van der Waals surface area contributed by atoms with Crippen LogP contribution in [0.1, 0.15) is 69.2 Å². The fourth-order valence-electron chi connectivity index (χ4n) is 9.11. The standard InChI is InChI=1S/C48H49N7/c1-30-51-45(3,4)47(7,8)54(30)36-22-33(26-49-28-36)32-20-21-40-42(24-32)53(35-16-12-11-13-17-35)43-25-41(38-18-14-15-19-39(38)44(40)43)34-23-37(29-50-27-34)55-31(2)52-46(5,6)48(55,9)10/h11-29H,1-10H3. The Kier molecular flexibility index (Phi) is 7.52. The number of fused-ring (bicyclic) bond motifs is 5. The van der Waals surface area contributed by atoms with Gasteiger partial charge in [0.1, 0.15) is 11.7 Å². The van der Waals surface area contributed by atoms with Crippen molar-refractivity contribution in [3.63, 3.8) is 0 Å². The predicted molar refractivity (Wildman–Crippen MR) is 232 cm³/mol.